The van der Waals surface area contributed by atoms with E-state index < -0.39 is 16.9 Å². The fourth-order valence-corrected chi connectivity index (χ4v) is 4.99. The van der Waals surface area contributed by atoms with Crippen LogP contribution in [-0.4, -0.2) is 42.0 Å². The molecule has 11 heteroatoms. The molecule has 0 aliphatic carbocycles. The van der Waals surface area contributed by atoms with Gasteiger partial charge < -0.3 is 14.4 Å². The summed E-state index contributed by atoms with van der Waals surface area (Å²) in [6.07, 6.45) is 5.12. The Hall–Kier alpha value is -3.57. The van der Waals surface area contributed by atoms with Gasteiger partial charge in [-0.2, -0.15) is 0 Å². The molecule has 216 valence electrons. The molecule has 1 atom stereocenters. The second-order valence-electron chi connectivity index (χ2n) is 9.30. The van der Waals surface area contributed by atoms with E-state index in [-0.39, 0.29) is 18.0 Å². The fraction of sp³-hybridized carbons (Fsp3) is 0.448. The Morgan fingerprint density at radius 1 is 0.975 bits per heavy atom. The van der Waals surface area contributed by atoms with Crippen molar-refractivity contribution in [2.75, 3.05) is 13.7 Å². The van der Waals surface area contributed by atoms with Crippen LogP contribution in [0.25, 0.3) is 0 Å². The van der Waals surface area contributed by atoms with E-state index in [1.165, 1.54) is 38.8 Å². The molecule has 0 aliphatic heterocycles. The van der Waals surface area contributed by atoms with Crippen molar-refractivity contribution in [2.24, 2.45) is 16.2 Å². The third-order valence-corrected chi connectivity index (χ3v) is 7.30. The first-order chi connectivity index (χ1) is 19.1. The van der Waals surface area contributed by atoms with Crippen LogP contribution in [0.4, 0.5) is 5.69 Å². The Morgan fingerprint density at radius 2 is 1.62 bits per heavy atom. The Labute approximate surface area is 239 Å². The minimum absolute atomic E-state index is 0.00689. The molecule has 0 aliphatic rings. The van der Waals surface area contributed by atoms with Gasteiger partial charge in [-0.05, 0) is 48.6 Å². The topological polar surface area (TPSA) is 130 Å². The first-order valence-electron chi connectivity index (χ1n) is 13.1. The van der Waals surface area contributed by atoms with Crippen LogP contribution in [0, 0.1) is 16.0 Å². The molecule has 0 spiro atoms. The van der Waals surface area contributed by atoms with E-state index >= 15 is 0 Å². The largest absolute Gasteiger partial charge is 0.378 e. The number of hydrogen-bond donors (Lipinski definition) is 0. The number of carbonyl (C=O) groups excluding carboxylic acids is 2. The van der Waals surface area contributed by atoms with Crippen LogP contribution in [0.15, 0.2) is 56.5 Å². The maximum Gasteiger partial charge on any atom is 0.331 e. The van der Waals surface area contributed by atoms with E-state index in [0.717, 1.165) is 48.1 Å². The molecule has 40 heavy (non-hydrogen) atoms. The Bertz CT molecular complexity index is 1260. The number of hydrogen-bond acceptors (Lipinski definition) is 10. The highest BCUT2D eigenvalue weighted by Gasteiger charge is 2.21. The van der Waals surface area contributed by atoms with Crippen LogP contribution < -0.4 is 0 Å². The molecular weight excluding hydrogens is 534 g/mol. The molecule has 0 N–H and O–H groups in total. The zero-order valence-corrected chi connectivity index (χ0v) is 24.7. The Kier molecular flexibility index (Phi) is 13.5. The summed E-state index contributed by atoms with van der Waals surface area (Å²) in [6, 6.07) is 10.6. The lowest BCUT2D eigenvalue weighted by Crippen LogP contribution is -2.11. The van der Waals surface area contributed by atoms with Gasteiger partial charge in [0, 0.05) is 37.5 Å². The van der Waals surface area contributed by atoms with Crippen LogP contribution in [0.5, 0.6) is 0 Å². The van der Waals surface area contributed by atoms with Gasteiger partial charge in [0.2, 0.25) is 0 Å². The summed E-state index contributed by atoms with van der Waals surface area (Å²) in [7, 11) is 1.45. The van der Waals surface area contributed by atoms with Crippen molar-refractivity contribution < 1.29 is 28.9 Å². The highest BCUT2D eigenvalue weighted by molar-refractivity contribution is 7.99. The van der Waals surface area contributed by atoms with Crippen molar-refractivity contribution in [3.8, 4) is 0 Å². The molecule has 2 aromatic rings. The SMILES string of the molecule is CCCCC(CC)Cc1cc(/C(C)=N/OC(C)=O)ccc1Sc1ccc(/C(COC)=N/OC(C)=O)cc1[N+](=O)[O-]. The number of ether oxygens (including phenoxy) is 1. The third kappa shape index (κ3) is 10.2. The highest BCUT2D eigenvalue weighted by atomic mass is 32.2. The molecule has 0 saturated heterocycles. The Morgan fingerprint density at radius 3 is 2.23 bits per heavy atom. The summed E-state index contributed by atoms with van der Waals surface area (Å²) < 4.78 is 5.13. The van der Waals surface area contributed by atoms with E-state index in [9.17, 15) is 19.7 Å². The molecule has 2 aromatic carbocycles. The predicted molar refractivity (Wildman–Crippen MR) is 155 cm³/mol. The van der Waals surface area contributed by atoms with Gasteiger partial charge in [-0.3, -0.25) is 10.1 Å². The monoisotopic (exact) mass is 571 g/mol. The standard InChI is InChI=1S/C29H37N3O7S/c1-7-9-10-22(8-2)15-25-16-23(19(3)30-38-20(4)33)11-13-28(25)40-29-14-12-24(17-27(29)32(35)36)26(18-37-6)31-39-21(5)34/h11-14,16-17,22H,7-10,15,18H2,1-6H3/b30-19+,31-26+. The van der Waals surface area contributed by atoms with Crippen molar-refractivity contribution in [3.63, 3.8) is 0 Å². The lowest BCUT2D eigenvalue weighted by Gasteiger charge is -2.18. The number of oxime groups is 2. The van der Waals surface area contributed by atoms with E-state index in [1.54, 1.807) is 19.1 Å². The van der Waals surface area contributed by atoms with Crippen LogP contribution in [-0.2, 0) is 30.4 Å². The summed E-state index contributed by atoms with van der Waals surface area (Å²) in [5.74, 6) is -0.657. The Balaban J connectivity index is 2.53. The second kappa shape index (κ2) is 16.5. The molecular formula is C29H37N3O7S. The summed E-state index contributed by atoms with van der Waals surface area (Å²) in [5.41, 5.74) is 2.97. The van der Waals surface area contributed by atoms with E-state index in [0.29, 0.717) is 22.1 Å². The van der Waals surface area contributed by atoms with Gasteiger partial charge in [0.05, 0.1) is 22.1 Å². The van der Waals surface area contributed by atoms with Gasteiger partial charge >= 0.3 is 11.9 Å². The van der Waals surface area contributed by atoms with E-state index in [1.807, 2.05) is 18.2 Å². The van der Waals surface area contributed by atoms with Crippen molar-refractivity contribution in [1.82, 2.24) is 0 Å². The van der Waals surface area contributed by atoms with Crippen molar-refractivity contribution in [2.45, 2.75) is 76.5 Å². The number of unbranched alkanes of at least 4 members (excludes halogenated alkanes) is 1. The number of methoxy groups -OCH3 is 1. The molecule has 0 radical (unpaired) electrons. The van der Waals surface area contributed by atoms with Gasteiger partial charge in [-0.1, -0.05) is 73.7 Å². The summed E-state index contributed by atoms with van der Waals surface area (Å²) in [5, 5.41) is 19.8. The smallest absolute Gasteiger partial charge is 0.331 e. The zero-order chi connectivity index (χ0) is 29.7. The number of nitro groups is 1. The molecule has 0 fully saturated rings. The first kappa shape index (κ1) is 32.6. The molecule has 0 bridgehead atoms. The van der Waals surface area contributed by atoms with Crippen LogP contribution in [0.2, 0.25) is 0 Å². The third-order valence-electron chi connectivity index (χ3n) is 6.12. The van der Waals surface area contributed by atoms with Gasteiger partial charge in [-0.15, -0.1) is 0 Å². The molecule has 0 aromatic heterocycles. The molecule has 2 rings (SSSR count). The van der Waals surface area contributed by atoms with Gasteiger partial charge in [-0.25, -0.2) is 9.59 Å². The predicted octanol–water partition coefficient (Wildman–Crippen LogP) is 6.71. The minimum atomic E-state index is -0.608. The van der Waals surface area contributed by atoms with Crippen molar-refractivity contribution in [3.05, 3.63) is 63.2 Å². The number of rotatable bonds is 15. The summed E-state index contributed by atoms with van der Waals surface area (Å²) >= 11 is 1.31. The number of nitrogens with zero attached hydrogens (tertiary/aromatic N) is 3. The van der Waals surface area contributed by atoms with Gasteiger partial charge in [0.15, 0.2) is 0 Å². The second-order valence-corrected chi connectivity index (χ2v) is 10.4. The molecule has 0 saturated carbocycles. The fourth-order valence-electron chi connectivity index (χ4n) is 3.97. The van der Waals surface area contributed by atoms with Crippen LogP contribution in [0.3, 0.4) is 0 Å². The lowest BCUT2D eigenvalue weighted by atomic mass is 9.91. The number of benzene rings is 2. The van der Waals surface area contributed by atoms with Crippen LogP contribution >= 0.6 is 11.8 Å². The molecule has 10 nitrogen and oxygen atoms in total. The minimum Gasteiger partial charge on any atom is -0.378 e. The van der Waals surface area contributed by atoms with Crippen molar-refractivity contribution in [1.29, 1.82) is 0 Å². The zero-order valence-electron chi connectivity index (χ0n) is 23.9. The normalized spacial score (nSPS) is 12.7. The quantitative estimate of drug-likeness (QED) is 0.0998. The average molecular weight is 572 g/mol. The van der Waals surface area contributed by atoms with Gasteiger partial charge in [0.1, 0.15) is 5.71 Å². The maximum atomic E-state index is 12.1. The van der Waals surface area contributed by atoms with Gasteiger partial charge in [0.25, 0.3) is 5.69 Å². The highest BCUT2D eigenvalue weighted by Crippen LogP contribution is 2.39. The average Bonchev–Trinajstić information content (AvgIpc) is 2.92. The van der Waals surface area contributed by atoms with E-state index in [2.05, 4.69) is 24.2 Å². The first-order valence-corrected chi connectivity index (χ1v) is 14.0. The van der Waals surface area contributed by atoms with E-state index in [4.69, 9.17) is 14.4 Å². The molecule has 0 heterocycles. The van der Waals surface area contributed by atoms with Crippen LogP contribution in [0.1, 0.15) is 77.0 Å². The van der Waals surface area contributed by atoms with Crippen molar-refractivity contribution >= 4 is 40.8 Å². The molecule has 1 unspecified atom stereocenters. The summed E-state index contributed by atoms with van der Waals surface area (Å²) in [4.78, 5) is 45.0. The summed E-state index contributed by atoms with van der Waals surface area (Å²) in [6.45, 7) is 8.62. The number of nitro benzene ring substituents is 1. The maximum absolute atomic E-state index is 12.1. The number of carbonyl (C=O) groups is 2. The molecule has 0 amide bonds. The lowest BCUT2D eigenvalue weighted by molar-refractivity contribution is -0.387.